The molecular weight excluding hydrogens is 386 g/mol. The van der Waals surface area contributed by atoms with Gasteiger partial charge >= 0.3 is 5.97 Å². The quantitative estimate of drug-likeness (QED) is 0.572. The zero-order valence-corrected chi connectivity index (χ0v) is 16.4. The van der Waals surface area contributed by atoms with E-state index in [0.717, 1.165) is 12.8 Å². The number of hydrogen-bond donors (Lipinski definition) is 1. The van der Waals surface area contributed by atoms with Gasteiger partial charge in [-0.1, -0.05) is 47.6 Å². The highest BCUT2D eigenvalue weighted by Gasteiger charge is 2.31. The molecule has 4 rings (SSSR count). The summed E-state index contributed by atoms with van der Waals surface area (Å²) in [5.41, 5.74) is 0.808. The number of hydrogen-bond acceptors (Lipinski definition) is 7. The van der Waals surface area contributed by atoms with Crippen molar-refractivity contribution in [1.82, 2.24) is 15.5 Å². The zero-order valence-electron chi connectivity index (χ0n) is 16.4. The van der Waals surface area contributed by atoms with Gasteiger partial charge in [0, 0.05) is 18.5 Å². The maximum Gasteiger partial charge on any atom is 0.343 e. The number of carbonyl (C=O) groups is 2. The standard InChI is InChI=1S/C22H21N3O5/c1-14-23-19(25-30-14)13-28-18-10-6-5-9-17(18)22(27)29-20(15-7-3-2-4-8-15)21(26)24-16-11-12-16/h2-10,16,20H,11-13H2,1H3,(H,24,26). The van der Waals surface area contributed by atoms with E-state index in [9.17, 15) is 9.59 Å². The Hall–Kier alpha value is -3.68. The largest absolute Gasteiger partial charge is 0.485 e. The van der Waals surface area contributed by atoms with Crippen molar-refractivity contribution in [2.24, 2.45) is 0 Å². The molecular formula is C22H21N3O5. The maximum absolute atomic E-state index is 12.9. The lowest BCUT2D eigenvalue weighted by molar-refractivity contribution is -0.130. The van der Waals surface area contributed by atoms with Crippen LogP contribution in [-0.2, 0) is 16.1 Å². The van der Waals surface area contributed by atoms with E-state index in [1.54, 1.807) is 55.5 Å². The van der Waals surface area contributed by atoms with Gasteiger partial charge < -0.3 is 19.3 Å². The van der Waals surface area contributed by atoms with Gasteiger partial charge in [-0.15, -0.1) is 0 Å². The molecule has 0 radical (unpaired) electrons. The molecule has 1 aromatic heterocycles. The highest BCUT2D eigenvalue weighted by molar-refractivity contribution is 5.95. The minimum atomic E-state index is -1.05. The van der Waals surface area contributed by atoms with Crippen LogP contribution in [0.15, 0.2) is 59.1 Å². The first-order valence-corrected chi connectivity index (χ1v) is 9.67. The van der Waals surface area contributed by atoms with E-state index in [0.29, 0.717) is 23.0 Å². The molecule has 1 N–H and O–H groups in total. The van der Waals surface area contributed by atoms with Crippen molar-refractivity contribution in [3.05, 3.63) is 77.4 Å². The van der Waals surface area contributed by atoms with Crippen molar-refractivity contribution in [2.45, 2.75) is 38.5 Å². The van der Waals surface area contributed by atoms with Gasteiger partial charge in [-0.3, -0.25) is 4.79 Å². The number of ether oxygens (including phenoxy) is 2. The van der Waals surface area contributed by atoms with Gasteiger partial charge in [0.25, 0.3) is 5.91 Å². The van der Waals surface area contributed by atoms with Crippen molar-refractivity contribution < 1.29 is 23.6 Å². The Morgan fingerprint density at radius 2 is 1.87 bits per heavy atom. The normalized spacial score (nSPS) is 14.0. The Labute approximate surface area is 173 Å². The number of para-hydroxylation sites is 1. The van der Waals surface area contributed by atoms with E-state index >= 15 is 0 Å². The molecule has 0 saturated heterocycles. The second-order valence-corrected chi connectivity index (χ2v) is 6.99. The topological polar surface area (TPSA) is 104 Å². The number of carbonyl (C=O) groups excluding carboxylic acids is 2. The number of nitrogens with zero attached hydrogens (tertiary/aromatic N) is 2. The lowest BCUT2D eigenvalue weighted by atomic mass is 10.1. The fraction of sp³-hybridized carbons (Fsp3) is 0.273. The van der Waals surface area contributed by atoms with Crippen LogP contribution >= 0.6 is 0 Å². The smallest absolute Gasteiger partial charge is 0.343 e. The van der Waals surface area contributed by atoms with Crippen molar-refractivity contribution in [1.29, 1.82) is 0 Å². The third kappa shape index (κ3) is 4.83. The van der Waals surface area contributed by atoms with E-state index in [4.69, 9.17) is 14.0 Å². The van der Waals surface area contributed by atoms with Crippen molar-refractivity contribution in [2.75, 3.05) is 0 Å². The number of amides is 1. The van der Waals surface area contributed by atoms with Gasteiger partial charge in [-0.25, -0.2) is 4.79 Å². The average Bonchev–Trinajstić information content (AvgIpc) is 3.48. The molecule has 3 aromatic rings. The first-order valence-electron chi connectivity index (χ1n) is 9.67. The predicted octanol–water partition coefficient (Wildman–Crippen LogP) is 3.13. The average molecular weight is 407 g/mol. The summed E-state index contributed by atoms with van der Waals surface area (Å²) < 4.78 is 16.2. The number of nitrogens with one attached hydrogen (secondary N) is 1. The SMILES string of the molecule is Cc1nc(COc2ccccc2C(=O)OC(C(=O)NC2CC2)c2ccccc2)no1. The molecule has 1 aliphatic rings. The second-order valence-electron chi connectivity index (χ2n) is 6.99. The first-order chi connectivity index (χ1) is 14.6. The summed E-state index contributed by atoms with van der Waals surface area (Å²) in [6.07, 6.45) is 0.827. The minimum Gasteiger partial charge on any atom is -0.485 e. The molecule has 8 nitrogen and oxygen atoms in total. The number of rotatable bonds is 8. The number of aryl methyl sites for hydroxylation is 1. The lowest BCUT2D eigenvalue weighted by Crippen LogP contribution is -2.33. The summed E-state index contributed by atoms with van der Waals surface area (Å²) in [5.74, 6) is 0.0992. The Bertz CT molecular complexity index is 1030. The summed E-state index contributed by atoms with van der Waals surface area (Å²) in [6.45, 7) is 1.71. The van der Waals surface area contributed by atoms with E-state index in [1.165, 1.54) is 0 Å². The molecule has 8 heteroatoms. The van der Waals surface area contributed by atoms with Crippen LogP contribution in [0.3, 0.4) is 0 Å². The third-order valence-electron chi connectivity index (χ3n) is 4.52. The molecule has 30 heavy (non-hydrogen) atoms. The molecule has 1 atom stereocenters. The highest BCUT2D eigenvalue weighted by Crippen LogP contribution is 2.26. The van der Waals surface area contributed by atoms with Crippen LogP contribution in [0.1, 0.15) is 46.6 Å². The summed E-state index contributed by atoms with van der Waals surface area (Å²) >= 11 is 0. The Morgan fingerprint density at radius 3 is 2.57 bits per heavy atom. The molecule has 1 amide bonds. The van der Waals surface area contributed by atoms with Crippen LogP contribution in [0.4, 0.5) is 0 Å². The first kappa shape index (κ1) is 19.6. The molecule has 1 aliphatic carbocycles. The van der Waals surface area contributed by atoms with Gasteiger partial charge in [-0.05, 0) is 25.0 Å². The second kappa shape index (κ2) is 8.77. The number of aromatic nitrogens is 2. The number of benzene rings is 2. The van der Waals surface area contributed by atoms with E-state index < -0.39 is 12.1 Å². The Morgan fingerprint density at radius 1 is 1.13 bits per heavy atom. The molecule has 154 valence electrons. The van der Waals surface area contributed by atoms with Crippen LogP contribution in [0.5, 0.6) is 5.75 Å². The Kier molecular flexibility index (Phi) is 5.74. The fourth-order valence-electron chi connectivity index (χ4n) is 2.88. The number of esters is 1. The molecule has 1 unspecified atom stereocenters. The van der Waals surface area contributed by atoms with Crippen LogP contribution in [0.2, 0.25) is 0 Å². The van der Waals surface area contributed by atoms with Crippen molar-refractivity contribution >= 4 is 11.9 Å². The van der Waals surface area contributed by atoms with Crippen molar-refractivity contribution in [3.8, 4) is 5.75 Å². The maximum atomic E-state index is 12.9. The summed E-state index contributed by atoms with van der Waals surface area (Å²) in [6, 6.07) is 15.8. The molecule has 0 bridgehead atoms. The van der Waals surface area contributed by atoms with Gasteiger partial charge in [0.2, 0.25) is 17.8 Å². The predicted molar refractivity (Wildman–Crippen MR) is 106 cm³/mol. The van der Waals surface area contributed by atoms with Crippen LogP contribution in [0, 0.1) is 6.92 Å². The van der Waals surface area contributed by atoms with E-state index in [-0.39, 0.29) is 24.1 Å². The van der Waals surface area contributed by atoms with E-state index in [2.05, 4.69) is 15.5 Å². The van der Waals surface area contributed by atoms with Gasteiger partial charge in [0.1, 0.15) is 11.3 Å². The molecule has 1 fully saturated rings. The summed E-state index contributed by atoms with van der Waals surface area (Å²) in [7, 11) is 0. The Balaban J connectivity index is 1.51. The van der Waals surface area contributed by atoms with Crippen LogP contribution < -0.4 is 10.1 Å². The van der Waals surface area contributed by atoms with Crippen LogP contribution in [-0.4, -0.2) is 28.1 Å². The highest BCUT2D eigenvalue weighted by atomic mass is 16.6. The van der Waals surface area contributed by atoms with Gasteiger partial charge in [0.15, 0.2) is 6.61 Å². The summed E-state index contributed by atoms with van der Waals surface area (Å²) in [5, 5.41) is 6.67. The van der Waals surface area contributed by atoms with Crippen LogP contribution in [0.25, 0.3) is 0 Å². The minimum absolute atomic E-state index is 0.0336. The molecule has 0 aliphatic heterocycles. The molecule has 0 spiro atoms. The van der Waals surface area contributed by atoms with Gasteiger partial charge in [0.05, 0.1) is 0 Å². The monoisotopic (exact) mass is 407 g/mol. The van der Waals surface area contributed by atoms with Crippen molar-refractivity contribution in [3.63, 3.8) is 0 Å². The zero-order chi connectivity index (χ0) is 20.9. The molecule has 1 saturated carbocycles. The molecule has 1 heterocycles. The van der Waals surface area contributed by atoms with Gasteiger partial charge in [-0.2, -0.15) is 4.98 Å². The summed E-state index contributed by atoms with van der Waals surface area (Å²) in [4.78, 5) is 29.7. The lowest BCUT2D eigenvalue weighted by Gasteiger charge is -2.19. The third-order valence-corrected chi connectivity index (χ3v) is 4.52. The fourth-order valence-corrected chi connectivity index (χ4v) is 2.88. The van der Waals surface area contributed by atoms with E-state index in [1.807, 2.05) is 6.07 Å². The molecule has 2 aromatic carbocycles.